The van der Waals surface area contributed by atoms with E-state index in [1.54, 1.807) is 18.7 Å². The smallest absolute Gasteiger partial charge is 0.410 e. The summed E-state index contributed by atoms with van der Waals surface area (Å²) in [5, 5.41) is 14.1. The molecule has 168 valence electrons. The lowest BCUT2D eigenvalue weighted by Crippen LogP contribution is -2.52. The number of benzene rings is 2. The van der Waals surface area contributed by atoms with E-state index >= 15 is 0 Å². The van der Waals surface area contributed by atoms with Crippen molar-refractivity contribution in [2.75, 3.05) is 18.9 Å². The maximum atomic E-state index is 13.3. The Kier molecular flexibility index (Phi) is 6.51. The lowest BCUT2D eigenvalue weighted by molar-refractivity contribution is -0.119. The molecular weight excluding hydrogens is 392 g/mol. The van der Waals surface area contributed by atoms with Crippen LogP contribution in [-0.4, -0.2) is 46.9 Å². The molecule has 0 aromatic heterocycles. The standard InChI is InChI=1S/C25H34N2O4/c1-24(2,3)27(15-14-17-10-8-7-9-11-17)23(29)30-21-19-13-12-18(26-6)16-20(19)31-25(4,5)22(21)28/h7-13,16,21-22,26,28H,14-15H2,1-6H3/t21-,22+/m0/s1. The molecule has 6 heteroatoms. The molecule has 1 amide bonds. The fourth-order valence-corrected chi connectivity index (χ4v) is 3.78. The first-order valence-electron chi connectivity index (χ1n) is 10.7. The minimum atomic E-state index is -1.000. The zero-order valence-corrected chi connectivity index (χ0v) is 19.3. The van der Waals surface area contributed by atoms with Gasteiger partial charge in [0.25, 0.3) is 0 Å². The van der Waals surface area contributed by atoms with Crippen molar-refractivity contribution in [1.82, 2.24) is 4.90 Å². The van der Waals surface area contributed by atoms with E-state index in [1.165, 1.54) is 0 Å². The first kappa shape index (κ1) is 22.9. The van der Waals surface area contributed by atoms with Gasteiger partial charge in [0.15, 0.2) is 6.10 Å². The molecule has 0 aliphatic carbocycles. The summed E-state index contributed by atoms with van der Waals surface area (Å²) in [6.07, 6.45) is -1.55. The largest absolute Gasteiger partial charge is 0.484 e. The summed E-state index contributed by atoms with van der Waals surface area (Å²) in [6.45, 7) is 10.1. The topological polar surface area (TPSA) is 71.0 Å². The summed E-state index contributed by atoms with van der Waals surface area (Å²) in [5.41, 5.74) is 1.37. The molecule has 6 nitrogen and oxygen atoms in total. The molecule has 2 aromatic rings. The van der Waals surface area contributed by atoms with Gasteiger partial charge in [0.2, 0.25) is 0 Å². The van der Waals surface area contributed by atoms with E-state index in [0.29, 0.717) is 17.9 Å². The highest BCUT2D eigenvalue weighted by molar-refractivity contribution is 5.69. The van der Waals surface area contributed by atoms with Crippen LogP contribution < -0.4 is 10.1 Å². The van der Waals surface area contributed by atoms with Gasteiger partial charge in [-0.2, -0.15) is 0 Å². The summed E-state index contributed by atoms with van der Waals surface area (Å²) in [7, 11) is 1.83. The van der Waals surface area contributed by atoms with Crippen LogP contribution >= 0.6 is 0 Å². The number of fused-ring (bicyclic) bond motifs is 1. The first-order chi connectivity index (χ1) is 14.5. The van der Waals surface area contributed by atoms with E-state index < -0.39 is 29.4 Å². The Morgan fingerprint density at radius 1 is 1.19 bits per heavy atom. The third-order valence-electron chi connectivity index (χ3n) is 5.71. The molecule has 1 heterocycles. The second kappa shape index (κ2) is 8.79. The molecule has 1 aliphatic rings. The van der Waals surface area contributed by atoms with Crippen LogP contribution in [0.15, 0.2) is 48.5 Å². The molecule has 0 bridgehead atoms. The maximum absolute atomic E-state index is 13.3. The molecule has 0 saturated heterocycles. The quantitative estimate of drug-likeness (QED) is 0.720. The summed E-state index contributed by atoms with van der Waals surface area (Å²) < 4.78 is 12.0. The second-order valence-corrected chi connectivity index (χ2v) is 9.52. The first-order valence-corrected chi connectivity index (χ1v) is 10.7. The normalized spacial score (nSPS) is 19.7. The molecular formula is C25H34N2O4. The van der Waals surface area contributed by atoms with Crippen LogP contribution in [0.3, 0.4) is 0 Å². The van der Waals surface area contributed by atoms with Gasteiger partial charge in [0, 0.05) is 36.4 Å². The van der Waals surface area contributed by atoms with Crippen LogP contribution in [0.5, 0.6) is 5.75 Å². The van der Waals surface area contributed by atoms with Gasteiger partial charge in [-0.05, 0) is 58.7 Å². The van der Waals surface area contributed by atoms with Crippen molar-refractivity contribution in [1.29, 1.82) is 0 Å². The Balaban J connectivity index is 1.85. The van der Waals surface area contributed by atoms with Crippen LogP contribution in [0, 0.1) is 0 Å². The fraction of sp³-hybridized carbons (Fsp3) is 0.480. The van der Waals surface area contributed by atoms with Gasteiger partial charge in [-0.1, -0.05) is 30.3 Å². The van der Waals surface area contributed by atoms with Crippen LogP contribution in [0.2, 0.25) is 0 Å². The van der Waals surface area contributed by atoms with Gasteiger partial charge in [0.1, 0.15) is 17.5 Å². The summed E-state index contributed by atoms with van der Waals surface area (Å²) in [4.78, 5) is 15.0. The Labute approximate surface area is 185 Å². The minimum absolute atomic E-state index is 0.434. The summed E-state index contributed by atoms with van der Waals surface area (Å²) in [5.74, 6) is 0.603. The molecule has 0 fully saturated rings. The lowest BCUT2D eigenvalue weighted by Gasteiger charge is -2.43. The third-order valence-corrected chi connectivity index (χ3v) is 5.71. The van der Waals surface area contributed by atoms with Gasteiger partial charge in [-0.25, -0.2) is 4.79 Å². The lowest BCUT2D eigenvalue weighted by atomic mass is 9.88. The van der Waals surface area contributed by atoms with Crippen LogP contribution in [0.25, 0.3) is 0 Å². The van der Waals surface area contributed by atoms with Gasteiger partial charge in [-0.3, -0.25) is 0 Å². The average molecular weight is 427 g/mol. The Bertz CT molecular complexity index is 905. The van der Waals surface area contributed by atoms with Gasteiger partial charge < -0.3 is 24.8 Å². The number of anilines is 1. The molecule has 0 spiro atoms. The SMILES string of the molecule is CNc1ccc2c(c1)OC(C)(C)[C@H](O)[C@H]2OC(=O)N(CCc1ccccc1)C(C)(C)C. The van der Waals surface area contributed by atoms with E-state index in [0.717, 1.165) is 17.7 Å². The molecule has 2 N–H and O–H groups in total. The van der Waals surface area contributed by atoms with Crippen LogP contribution in [0.1, 0.15) is 51.8 Å². The molecule has 3 rings (SSSR count). The minimum Gasteiger partial charge on any atom is -0.484 e. The van der Waals surface area contributed by atoms with Gasteiger partial charge in [0.05, 0.1) is 0 Å². The molecule has 31 heavy (non-hydrogen) atoms. The number of aliphatic hydroxyl groups excluding tert-OH is 1. The van der Waals surface area contributed by atoms with Crippen molar-refractivity contribution in [2.45, 2.75) is 64.4 Å². The predicted molar refractivity (Wildman–Crippen MR) is 123 cm³/mol. The van der Waals surface area contributed by atoms with Crippen molar-refractivity contribution in [2.24, 2.45) is 0 Å². The Hall–Kier alpha value is -2.73. The zero-order valence-electron chi connectivity index (χ0n) is 19.3. The third kappa shape index (κ3) is 5.13. The molecule has 2 atom stereocenters. The Morgan fingerprint density at radius 2 is 1.87 bits per heavy atom. The maximum Gasteiger partial charge on any atom is 0.410 e. The van der Waals surface area contributed by atoms with Crippen molar-refractivity contribution >= 4 is 11.8 Å². The highest BCUT2D eigenvalue weighted by atomic mass is 16.6. The van der Waals surface area contributed by atoms with Crippen LogP contribution in [-0.2, 0) is 11.2 Å². The number of carbonyl (C=O) groups is 1. The number of nitrogens with zero attached hydrogens (tertiary/aromatic N) is 1. The number of hydrogen-bond donors (Lipinski definition) is 2. The number of hydrogen-bond acceptors (Lipinski definition) is 5. The van der Waals surface area contributed by atoms with Gasteiger partial charge >= 0.3 is 6.09 Å². The molecule has 0 radical (unpaired) electrons. The fourth-order valence-electron chi connectivity index (χ4n) is 3.78. The molecule has 0 unspecified atom stereocenters. The average Bonchev–Trinajstić information content (AvgIpc) is 2.70. The van der Waals surface area contributed by atoms with E-state index in [4.69, 9.17) is 9.47 Å². The van der Waals surface area contributed by atoms with Crippen molar-refractivity contribution in [3.8, 4) is 5.75 Å². The monoisotopic (exact) mass is 426 g/mol. The van der Waals surface area contributed by atoms with Crippen molar-refractivity contribution < 1.29 is 19.4 Å². The summed E-state index contributed by atoms with van der Waals surface area (Å²) in [6, 6.07) is 15.6. The van der Waals surface area contributed by atoms with E-state index in [2.05, 4.69) is 5.32 Å². The highest BCUT2D eigenvalue weighted by Crippen LogP contribution is 2.43. The number of amides is 1. The second-order valence-electron chi connectivity index (χ2n) is 9.52. The van der Waals surface area contributed by atoms with Gasteiger partial charge in [-0.15, -0.1) is 0 Å². The number of ether oxygens (including phenoxy) is 2. The molecule has 1 aliphatic heterocycles. The Morgan fingerprint density at radius 3 is 2.48 bits per heavy atom. The number of carbonyl (C=O) groups excluding carboxylic acids is 1. The number of aliphatic hydroxyl groups is 1. The van der Waals surface area contributed by atoms with E-state index in [-0.39, 0.29) is 0 Å². The van der Waals surface area contributed by atoms with Crippen LogP contribution in [0.4, 0.5) is 10.5 Å². The number of nitrogens with one attached hydrogen (secondary N) is 1. The highest BCUT2D eigenvalue weighted by Gasteiger charge is 2.46. The van der Waals surface area contributed by atoms with E-state index in [9.17, 15) is 9.90 Å². The van der Waals surface area contributed by atoms with Crippen molar-refractivity contribution in [3.63, 3.8) is 0 Å². The molecule has 2 aromatic carbocycles. The summed E-state index contributed by atoms with van der Waals surface area (Å²) >= 11 is 0. The number of rotatable bonds is 5. The molecule has 0 saturated carbocycles. The van der Waals surface area contributed by atoms with E-state index in [1.807, 2.05) is 76.3 Å². The van der Waals surface area contributed by atoms with Crippen molar-refractivity contribution in [3.05, 3.63) is 59.7 Å². The predicted octanol–water partition coefficient (Wildman–Crippen LogP) is 4.78. The zero-order chi connectivity index (χ0) is 22.8.